The van der Waals surface area contributed by atoms with E-state index in [4.69, 9.17) is 5.26 Å². The van der Waals surface area contributed by atoms with Gasteiger partial charge in [-0.15, -0.1) is 0 Å². The van der Waals surface area contributed by atoms with E-state index in [0.29, 0.717) is 18.5 Å². The van der Waals surface area contributed by atoms with Gasteiger partial charge in [-0.1, -0.05) is 6.07 Å². The Morgan fingerprint density at radius 2 is 2.00 bits per heavy atom. The molecule has 2 heterocycles. The quantitative estimate of drug-likeness (QED) is 0.657. The molecule has 2 aliphatic rings. The minimum absolute atomic E-state index is 0.0954. The average Bonchev–Trinajstić information content (AvgIpc) is 2.69. The molecule has 3 rings (SSSR count). The van der Waals surface area contributed by atoms with Crippen molar-refractivity contribution >= 4 is 11.4 Å². The minimum Gasteiger partial charge on any atom is -0.393 e. The van der Waals surface area contributed by atoms with Gasteiger partial charge in [0.1, 0.15) is 17.3 Å². The van der Waals surface area contributed by atoms with Gasteiger partial charge >= 0.3 is 5.69 Å². The Hall–Kier alpha value is -2.13. The maximum atomic E-state index is 11.3. The SMILES string of the molecule is N#Cc1cccc(N2C3CCC2CC(O)C3)c1[N+](=O)[O-]. The number of aliphatic hydroxyl groups excluding tert-OH is 1. The lowest BCUT2D eigenvalue weighted by molar-refractivity contribution is -0.384. The number of benzene rings is 1. The largest absolute Gasteiger partial charge is 0.393 e. The summed E-state index contributed by atoms with van der Waals surface area (Å²) in [4.78, 5) is 12.9. The van der Waals surface area contributed by atoms with E-state index >= 15 is 0 Å². The highest BCUT2D eigenvalue weighted by molar-refractivity contribution is 5.71. The Morgan fingerprint density at radius 3 is 2.55 bits per heavy atom. The number of aliphatic hydroxyl groups is 1. The number of fused-ring (bicyclic) bond motifs is 2. The average molecular weight is 273 g/mol. The van der Waals surface area contributed by atoms with Gasteiger partial charge in [0.2, 0.25) is 0 Å². The predicted molar refractivity (Wildman–Crippen MR) is 72.3 cm³/mol. The summed E-state index contributed by atoms with van der Waals surface area (Å²) in [5, 5.41) is 30.2. The molecule has 0 saturated carbocycles. The van der Waals surface area contributed by atoms with E-state index in [0.717, 1.165) is 12.8 Å². The smallest absolute Gasteiger partial charge is 0.310 e. The second kappa shape index (κ2) is 4.76. The zero-order valence-electron chi connectivity index (χ0n) is 10.9. The van der Waals surface area contributed by atoms with Crippen LogP contribution in [0.25, 0.3) is 0 Å². The van der Waals surface area contributed by atoms with Crippen LogP contribution in [0.4, 0.5) is 11.4 Å². The molecule has 2 bridgehead atoms. The minimum atomic E-state index is -0.474. The topological polar surface area (TPSA) is 90.4 Å². The highest BCUT2D eigenvalue weighted by Crippen LogP contribution is 2.43. The van der Waals surface area contributed by atoms with Crippen LogP contribution in [0.3, 0.4) is 0 Å². The van der Waals surface area contributed by atoms with Crippen LogP contribution < -0.4 is 4.90 Å². The van der Waals surface area contributed by atoms with Crippen molar-refractivity contribution in [2.45, 2.75) is 43.9 Å². The summed E-state index contributed by atoms with van der Waals surface area (Å²) in [5.74, 6) is 0. The van der Waals surface area contributed by atoms with Crippen LogP contribution in [0.2, 0.25) is 0 Å². The summed E-state index contributed by atoms with van der Waals surface area (Å²) in [6, 6.07) is 7.04. The van der Waals surface area contributed by atoms with Gasteiger partial charge in [-0.25, -0.2) is 0 Å². The van der Waals surface area contributed by atoms with E-state index in [1.807, 2.05) is 11.0 Å². The summed E-state index contributed by atoms with van der Waals surface area (Å²) < 4.78 is 0. The molecule has 0 radical (unpaired) electrons. The second-order valence-corrected chi connectivity index (χ2v) is 5.46. The zero-order chi connectivity index (χ0) is 14.3. The van der Waals surface area contributed by atoms with Crippen LogP contribution in [0, 0.1) is 21.4 Å². The van der Waals surface area contributed by atoms with Crippen molar-refractivity contribution in [1.29, 1.82) is 5.26 Å². The zero-order valence-corrected chi connectivity index (χ0v) is 10.9. The Labute approximate surface area is 116 Å². The molecule has 20 heavy (non-hydrogen) atoms. The van der Waals surface area contributed by atoms with Crippen LogP contribution in [-0.2, 0) is 0 Å². The van der Waals surface area contributed by atoms with Crippen molar-refractivity contribution in [3.05, 3.63) is 33.9 Å². The third-order valence-electron chi connectivity index (χ3n) is 4.30. The fraction of sp³-hybridized carbons (Fsp3) is 0.500. The number of nitriles is 1. The maximum absolute atomic E-state index is 11.3. The molecule has 0 aromatic heterocycles. The molecule has 2 atom stereocenters. The summed E-state index contributed by atoms with van der Waals surface area (Å²) in [7, 11) is 0. The fourth-order valence-corrected chi connectivity index (χ4v) is 3.56. The highest BCUT2D eigenvalue weighted by atomic mass is 16.6. The molecule has 2 unspecified atom stereocenters. The lowest BCUT2D eigenvalue weighted by Gasteiger charge is -2.38. The molecular weight excluding hydrogens is 258 g/mol. The Balaban J connectivity index is 2.08. The van der Waals surface area contributed by atoms with Crippen LogP contribution in [0.1, 0.15) is 31.2 Å². The van der Waals surface area contributed by atoms with Crippen LogP contribution >= 0.6 is 0 Å². The number of anilines is 1. The lowest BCUT2D eigenvalue weighted by atomic mass is 9.98. The number of hydrogen-bond donors (Lipinski definition) is 1. The summed E-state index contributed by atoms with van der Waals surface area (Å²) in [6.45, 7) is 0. The lowest BCUT2D eigenvalue weighted by Crippen LogP contribution is -2.45. The van der Waals surface area contributed by atoms with E-state index in [2.05, 4.69) is 0 Å². The highest BCUT2D eigenvalue weighted by Gasteiger charge is 2.42. The standard InChI is InChI=1S/C14H15N3O3/c15-8-9-2-1-3-13(14(9)17(19)20)16-10-4-5-11(16)7-12(18)6-10/h1-3,10-12,18H,4-7H2. The first kappa shape index (κ1) is 12.9. The molecule has 0 spiro atoms. The summed E-state index contributed by atoms with van der Waals surface area (Å²) in [6.07, 6.45) is 2.85. The first-order valence-corrected chi connectivity index (χ1v) is 6.75. The number of rotatable bonds is 2. The normalized spacial score (nSPS) is 28.2. The molecule has 1 aromatic rings. The first-order valence-electron chi connectivity index (χ1n) is 6.75. The molecule has 2 aliphatic heterocycles. The monoisotopic (exact) mass is 273 g/mol. The molecular formula is C14H15N3O3. The molecule has 6 nitrogen and oxygen atoms in total. The van der Waals surface area contributed by atoms with Crippen LogP contribution in [0.15, 0.2) is 18.2 Å². The van der Waals surface area contributed by atoms with Gasteiger partial charge in [0.05, 0.1) is 11.0 Å². The van der Waals surface area contributed by atoms with E-state index < -0.39 is 4.92 Å². The van der Waals surface area contributed by atoms with Gasteiger partial charge in [-0.05, 0) is 37.8 Å². The number of nitrogens with zero attached hydrogens (tertiary/aromatic N) is 3. The molecule has 0 aliphatic carbocycles. The predicted octanol–water partition coefficient (Wildman–Crippen LogP) is 1.96. The maximum Gasteiger partial charge on any atom is 0.310 e. The van der Waals surface area contributed by atoms with Crippen molar-refractivity contribution < 1.29 is 10.0 Å². The molecule has 2 fully saturated rings. The Kier molecular flexibility index (Phi) is 3.07. The molecule has 1 aromatic carbocycles. The number of piperidine rings is 1. The van der Waals surface area contributed by atoms with Gasteiger partial charge in [0, 0.05) is 12.1 Å². The van der Waals surface area contributed by atoms with E-state index in [-0.39, 0.29) is 29.4 Å². The molecule has 1 N–H and O–H groups in total. The van der Waals surface area contributed by atoms with E-state index in [9.17, 15) is 15.2 Å². The van der Waals surface area contributed by atoms with E-state index in [1.54, 1.807) is 12.1 Å². The summed E-state index contributed by atoms with van der Waals surface area (Å²) >= 11 is 0. The molecule has 104 valence electrons. The summed E-state index contributed by atoms with van der Waals surface area (Å²) in [5.41, 5.74) is 0.509. The second-order valence-electron chi connectivity index (χ2n) is 5.46. The number of hydrogen-bond acceptors (Lipinski definition) is 5. The van der Waals surface area contributed by atoms with Crippen molar-refractivity contribution in [1.82, 2.24) is 0 Å². The molecule has 2 saturated heterocycles. The van der Waals surface area contributed by atoms with Gasteiger partial charge in [-0.2, -0.15) is 5.26 Å². The van der Waals surface area contributed by atoms with Crippen molar-refractivity contribution in [3.63, 3.8) is 0 Å². The number of para-hydroxylation sites is 1. The van der Waals surface area contributed by atoms with Gasteiger partial charge < -0.3 is 10.0 Å². The van der Waals surface area contributed by atoms with Crippen molar-refractivity contribution in [2.75, 3.05) is 4.90 Å². The third kappa shape index (κ3) is 1.91. The molecule has 0 amide bonds. The van der Waals surface area contributed by atoms with E-state index in [1.165, 1.54) is 6.07 Å². The van der Waals surface area contributed by atoms with Crippen molar-refractivity contribution in [3.8, 4) is 6.07 Å². The van der Waals surface area contributed by atoms with Gasteiger partial charge in [0.15, 0.2) is 0 Å². The fourth-order valence-electron chi connectivity index (χ4n) is 3.56. The first-order chi connectivity index (χ1) is 9.61. The molecule has 6 heteroatoms. The van der Waals surface area contributed by atoms with Crippen LogP contribution in [-0.4, -0.2) is 28.2 Å². The Morgan fingerprint density at radius 1 is 1.35 bits per heavy atom. The van der Waals surface area contributed by atoms with Gasteiger partial charge in [-0.3, -0.25) is 10.1 Å². The number of nitro benzene ring substituents is 1. The Bertz CT molecular complexity index is 582. The van der Waals surface area contributed by atoms with Crippen molar-refractivity contribution in [2.24, 2.45) is 0 Å². The van der Waals surface area contributed by atoms with Crippen LogP contribution in [0.5, 0.6) is 0 Å². The third-order valence-corrected chi connectivity index (χ3v) is 4.30. The van der Waals surface area contributed by atoms with Gasteiger partial charge in [0.25, 0.3) is 0 Å². The number of nitro groups is 1.